The van der Waals surface area contributed by atoms with E-state index in [1.165, 1.54) is 36.0 Å². The number of amides is 3. The largest absolute Gasteiger partial charge is 0.324 e. The quantitative estimate of drug-likeness (QED) is 0.135. The summed E-state index contributed by atoms with van der Waals surface area (Å²) in [5.74, 6) is -1.94. The topological polar surface area (TPSA) is 87.3 Å². The lowest BCUT2D eigenvalue weighted by molar-refractivity contribution is -0.115. The minimum Gasteiger partial charge on any atom is -0.324 e. The molecule has 4 aromatic rings. The van der Waals surface area contributed by atoms with Crippen LogP contribution in [0.5, 0.6) is 0 Å². The predicted octanol–water partition coefficient (Wildman–Crippen LogP) is 7.66. The van der Waals surface area contributed by atoms with E-state index in [1.54, 1.807) is 85.8 Å². The molecular weight excluding hydrogens is 584 g/mol. The number of nitrogens with one attached hydrogen (secondary N) is 3. The molecule has 0 aliphatic rings. The molecule has 0 aliphatic carbocycles. The smallest absolute Gasteiger partial charge is 0.272 e. The Morgan fingerprint density at radius 3 is 2.22 bits per heavy atom. The second kappa shape index (κ2) is 14.0. The van der Waals surface area contributed by atoms with E-state index in [4.69, 9.17) is 23.2 Å². The number of hydrogen-bond donors (Lipinski definition) is 3. The van der Waals surface area contributed by atoms with E-state index in [2.05, 4.69) is 16.0 Å². The van der Waals surface area contributed by atoms with Crippen LogP contribution in [0, 0.1) is 5.82 Å². The number of thioether (sulfide) groups is 1. The van der Waals surface area contributed by atoms with Crippen molar-refractivity contribution in [3.05, 3.63) is 130 Å². The minimum atomic E-state index is -0.635. The van der Waals surface area contributed by atoms with Gasteiger partial charge in [-0.3, -0.25) is 14.4 Å². The molecule has 0 fully saturated rings. The monoisotopic (exact) mass is 607 g/mol. The van der Waals surface area contributed by atoms with Crippen LogP contribution in [0.2, 0.25) is 10.0 Å². The third-order valence-corrected chi connectivity index (χ3v) is 7.67. The lowest BCUT2D eigenvalue weighted by Gasteiger charge is -2.14. The maximum Gasteiger partial charge on any atom is 0.272 e. The first-order valence-electron chi connectivity index (χ1n) is 12.4. The summed E-state index contributed by atoms with van der Waals surface area (Å²) in [6, 6.07) is 26.1. The number of anilines is 2. The Bertz CT molecular complexity index is 1600. The van der Waals surface area contributed by atoms with Crippen molar-refractivity contribution in [1.29, 1.82) is 0 Å². The Kier molecular flexibility index (Phi) is 10.2. The minimum absolute atomic E-state index is 0.132. The number of rotatable bonds is 9. The van der Waals surface area contributed by atoms with Gasteiger partial charge >= 0.3 is 0 Å². The molecule has 3 N–H and O–H groups in total. The third-order valence-electron chi connectivity index (χ3n) is 5.74. The predicted molar refractivity (Wildman–Crippen MR) is 164 cm³/mol. The van der Waals surface area contributed by atoms with Crippen LogP contribution in [0.25, 0.3) is 6.08 Å². The summed E-state index contributed by atoms with van der Waals surface area (Å²) in [6.07, 6.45) is 1.28. The summed E-state index contributed by atoms with van der Waals surface area (Å²) < 4.78 is 14.3. The Morgan fingerprint density at radius 1 is 0.829 bits per heavy atom. The molecule has 41 heavy (non-hydrogen) atoms. The Balaban J connectivity index is 1.44. The molecule has 4 aromatic carbocycles. The molecule has 3 amide bonds. The summed E-state index contributed by atoms with van der Waals surface area (Å²) >= 11 is 13.5. The zero-order valence-electron chi connectivity index (χ0n) is 21.7. The fraction of sp³-hybridized carbons (Fsp3) is 0.0645. The summed E-state index contributed by atoms with van der Waals surface area (Å²) in [6.45, 7) is 1.75. The molecule has 0 aromatic heterocycles. The first-order chi connectivity index (χ1) is 19.7. The molecule has 1 atom stereocenters. The van der Waals surface area contributed by atoms with Crippen LogP contribution >= 0.6 is 35.0 Å². The van der Waals surface area contributed by atoms with E-state index in [0.29, 0.717) is 22.0 Å². The van der Waals surface area contributed by atoms with Crippen LogP contribution < -0.4 is 16.0 Å². The van der Waals surface area contributed by atoms with E-state index in [-0.39, 0.29) is 22.2 Å². The second-order valence-corrected chi connectivity index (χ2v) is 10.9. The SMILES string of the molecule is CC(Sc1ccc(NC(=O)/C(=C/c2ccccc2F)NC(=O)c2ccccc2)cc1)C(=O)Nc1cccc(Cl)c1Cl. The van der Waals surface area contributed by atoms with E-state index in [1.807, 2.05) is 0 Å². The van der Waals surface area contributed by atoms with Gasteiger partial charge in [-0.1, -0.05) is 65.7 Å². The highest BCUT2D eigenvalue weighted by molar-refractivity contribution is 8.00. The zero-order chi connectivity index (χ0) is 29.4. The third kappa shape index (κ3) is 8.20. The molecule has 208 valence electrons. The molecule has 0 heterocycles. The van der Waals surface area contributed by atoms with Gasteiger partial charge in [-0.15, -0.1) is 11.8 Å². The molecule has 0 saturated heterocycles. The fourth-order valence-electron chi connectivity index (χ4n) is 3.60. The lowest BCUT2D eigenvalue weighted by atomic mass is 10.1. The van der Waals surface area contributed by atoms with Crippen LogP contribution in [0.4, 0.5) is 15.8 Å². The van der Waals surface area contributed by atoms with Crippen molar-refractivity contribution in [3.63, 3.8) is 0 Å². The maximum atomic E-state index is 14.3. The molecule has 0 bridgehead atoms. The van der Waals surface area contributed by atoms with Gasteiger partial charge in [-0.05, 0) is 67.6 Å². The van der Waals surface area contributed by atoms with Crippen LogP contribution in [-0.2, 0) is 9.59 Å². The van der Waals surface area contributed by atoms with E-state index in [0.717, 1.165) is 4.90 Å². The van der Waals surface area contributed by atoms with Crippen molar-refractivity contribution in [2.75, 3.05) is 10.6 Å². The normalized spacial score (nSPS) is 11.9. The molecule has 0 spiro atoms. The molecule has 0 saturated carbocycles. The number of carbonyl (C=O) groups is 3. The molecule has 6 nitrogen and oxygen atoms in total. The highest BCUT2D eigenvalue weighted by atomic mass is 35.5. The Labute approximate surface area is 250 Å². The fourth-order valence-corrected chi connectivity index (χ4v) is 4.81. The summed E-state index contributed by atoms with van der Waals surface area (Å²) in [5.41, 5.74) is 1.22. The van der Waals surface area contributed by atoms with Gasteiger partial charge in [0.15, 0.2) is 0 Å². The molecule has 0 aliphatic heterocycles. The van der Waals surface area contributed by atoms with E-state index >= 15 is 0 Å². The Hall–Kier alpha value is -4.11. The molecule has 10 heteroatoms. The standard InChI is InChI=1S/C31H24Cl2FN3O3S/c1-19(29(38)36-26-13-7-11-24(32)28(26)33)41-23-16-14-22(15-17-23)35-31(40)27(18-21-10-5-6-12-25(21)34)37-30(39)20-8-3-2-4-9-20/h2-19H,1H3,(H,35,40)(H,36,38)(H,37,39)/b27-18-. The van der Waals surface area contributed by atoms with Crippen molar-refractivity contribution < 1.29 is 18.8 Å². The van der Waals surface area contributed by atoms with Crippen molar-refractivity contribution in [2.45, 2.75) is 17.1 Å². The van der Waals surface area contributed by atoms with Gasteiger partial charge < -0.3 is 16.0 Å². The Morgan fingerprint density at radius 2 is 1.51 bits per heavy atom. The average molecular weight is 609 g/mol. The number of carbonyl (C=O) groups excluding carboxylic acids is 3. The average Bonchev–Trinajstić information content (AvgIpc) is 2.97. The van der Waals surface area contributed by atoms with Crippen molar-refractivity contribution in [2.24, 2.45) is 0 Å². The molecule has 4 rings (SSSR count). The van der Waals surface area contributed by atoms with Gasteiger partial charge in [0.1, 0.15) is 11.5 Å². The van der Waals surface area contributed by atoms with E-state index < -0.39 is 22.9 Å². The number of halogens is 3. The van der Waals surface area contributed by atoms with Crippen molar-refractivity contribution in [1.82, 2.24) is 5.32 Å². The number of benzene rings is 4. The molecular formula is C31H24Cl2FN3O3S. The first-order valence-corrected chi connectivity index (χ1v) is 14.0. The van der Waals surface area contributed by atoms with E-state index in [9.17, 15) is 18.8 Å². The maximum absolute atomic E-state index is 14.3. The summed E-state index contributed by atoms with van der Waals surface area (Å²) in [4.78, 5) is 39.4. The van der Waals surface area contributed by atoms with Gasteiger partial charge in [-0.2, -0.15) is 0 Å². The van der Waals surface area contributed by atoms with Crippen molar-refractivity contribution >= 4 is 70.1 Å². The van der Waals surface area contributed by atoms with Crippen LogP contribution in [0.1, 0.15) is 22.8 Å². The molecule has 0 radical (unpaired) electrons. The highest BCUT2D eigenvalue weighted by Crippen LogP contribution is 2.31. The van der Waals surface area contributed by atoms with Gasteiger partial charge in [0.05, 0.1) is 21.0 Å². The summed E-state index contributed by atoms with van der Waals surface area (Å²) in [5, 5.41) is 8.23. The van der Waals surface area contributed by atoms with Crippen LogP contribution in [0.15, 0.2) is 108 Å². The van der Waals surface area contributed by atoms with Gasteiger partial charge in [-0.25, -0.2) is 4.39 Å². The zero-order valence-corrected chi connectivity index (χ0v) is 24.0. The highest BCUT2D eigenvalue weighted by Gasteiger charge is 2.18. The number of hydrogen-bond acceptors (Lipinski definition) is 4. The second-order valence-electron chi connectivity index (χ2n) is 8.73. The summed E-state index contributed by atoms with van der Waals surface area (Å²) in [7, 11) is 0. The van der Waals surface area contributed by atoms with Gasteiger partial charge in [0.25, 0.3) is 11.8 Å². The first kappa shape index (κ1) is 29.9. The lowest BCUT2D eigenvalue weighted by Crippen LogP contribution is -2.30. The van der Waals surface area contributed by atoms with Gasteiger partial charge in [0, 0.05) is 21.7 Å². The van der Waals surface area contributed by atoms with Crippen molar-refractivity contribution in [3.8, 4) is 0 Å². The van der Waals surface area contributed by atoms with Gasteiger partial charge in [0.2, 0.25) is 5.91 Å². The van der Waals surface area contributed by atoms with Crippen LogP contribution in [0.3, 0.4) is 0 Å². The van der Waals surface area contributed by atoms with Crippen LogP contribution in [-0.4, -0.2) is 23.0 Å². The molecule has 1 unspecified atom stereocenters.